The second-order valence-corrected chi connectivity index (χ2v) is 4.73. The molecule has 0 spiro atoms. The van der Waals surface area contributed by atoms with Crippen LogP contribution in [0, 0.1) is 11.6 Å². The van der Waals surface area contributed by atoms with Crippen molar-refractivity contribution in [3.8, 4) is 0 Å². The first-order valence-corrected chi connectivity index (χ1v) is 6.17. The minimum atomic E-state index is -0.823. The van der Waals surface area contributed by atoms with E-state index < -0.39 is 11.6 Å². The Kier molecular flexibility index (Phi) is 3.95. The maximum absolute atomic E-state index is 13.2. The molecule has 0 bridgehead atoms. The van der Waals surface area contributed by atoms with E-state index in [9.17, 15) is 8.78 Å². The van der Waals surface area contributed by atoms with Gasteiger partial charge in [0, 0.05) is 30.9 Å². The molecule has 1 aromatic heterocycles. The molecule has 1 heterocycles. The highest BCUT2D eigenvalue weighted by molar-refractivity contribution is 5.21. The van der Waals surface area contributed by atoms with Gasteiger partial charge in [-0.2, -0.15) is 5.10 Å². The van der Waals surface area contributed by atoms with Crippen LogP contribution in [0.3, 0.4) is 0 Å². The minimum absolute atomic E-state index is 0.0784. The highest BCUT2D eigenvalue weighted by Crippen LogP contribution is 2.20. The smallest absolute Gasteiger partial charge is 0.159 e. The zero-order valence-corrected chi connectivity index (χ0v) is 11.2. The first-order valence-electron chi connectivity index (χ1n) is 6.17. The van der Waals surface area contributed by atoms with E-state index in [0.29, 0.717) is 0 Å². The molecule has 102 valence electrons. The lowest BCUT2D eigenvalue weighted by Crippen LogP contribution is -2.22. The summed E-state index contributed by atoms with van der Waals surface area (Å²) in [4.78, 5) is 0. The Morgan fingerprint density at radius 1 is 1.11 bits per heavy atom. The number of aromatic nitrogens is 2. The summed E-state index contributed by atoms with van der Waals surface area (Å²) in [5.74, 6) is -1.64. The van der Waals surface area contributed by atoms with Gasteiger partial charge in [-0.25, -0.2) is 8.78 Å². The first kappa shape index (κ1) is 13.7. The molecule has 19 heavy (non-hydrogen) atoms. The van der Waals surface area contributed by atoms with Gasteiger partial charge < -0.3 is 5.32 Å². The molecule has 0 radical (unpaired) electrons. The lowest BCUT2D eigenvalue weighted by molar-refractivity contribution is 0.480. The summed E-state index contributed by atoms with van der Waals surface area (Å²) in [6.45, 7) is 3.92. The van der Waals surface area contributed by atoms with Crippen LogP contribution in [0.15, 0.2) is 30.6 Å². The Bertz CT molecular complexity index is 566. The minimum Gasteiger partial charge on any atom is -0.304 e. The van der Waals surface area contributed by atoms with Crippen LogP contribution < -0.4 is 5.32 Å². The molecule has 1 aromatic carbocycles. The average molecular weight is 265 g/mol. The normalized spacial score (nSPS) is 14.4. The number of hydrogen-bond donors (Lipinski definition) is 1. The summed E-state index contributed by atoms with van der Waals surface area (Å²) in [5.41, 5.74) is 1.77. The van der Waals surface area contributed by atoms with E-state index in [1.807, 2.05) is 27.1 Å². The van der Waals surface area contributed by atoms with Crippen LogP contribution in [0.1, 0.15) is 37.1 Å². The Balaban J connectivity index is 2.07. The van der Waals surface area contributed by atoms with E-state index in [0.717, 1.165) is 17.2 Å². The van der Waals surface area contributed by atoms with Crippen molar-refractivity contribution in [1.29, 1.82) is 0 Å². The Hall–Kier alpha value is -1.75. The lowest BCUT2D eigenvalue weighted by atomic mass is 10.1. The SMILES string of the molecule is CC(NC(C)c1cnn(C)c1)c1ccc(F)c(F)c1. The van der Waals surface area contributed by atoms with E-state index in [1.165, 1.54) is 6.07 Å². The van der Waals surface area contributed by atoms with Crippen molar-refractivity contribution >= 4 is 0 Å². The van der Waals surface area contributed by atoms with Gasteiger partial charge in [-0.15, -0.1) is 0 Å². The fraction of sp³-hybridized carbons (Fsp3) is 0.357. The average Bonchev–Trinajstić information content (AvgIpc) is 2.79. The highest BCUT2D eigenvalue weighted by Gasteiger charge is 2.14. The van der Waals surface area contributed by atoms with Crippen molar-refractivity contribution in [3.63, 3.8) is 0 Å². The molecular weight excluding hydrogens is 248 g/mol. The van der Waals surface area contributed by atoms with Gasteiger partial charge in [0.25, 0.3) is 0 Å². The number of nitrogens with zero attached hydrogens (tertiary/aromatic N) is 2. The highest BCUT2D eigenvalue weighted by atomic mass is 19.2. The van der Waals surface area contributed by atoms with Crippen LogP contribution >= 0.6 is 0 Å². The summed E-state index contributed by atoms with van der Waals surface area (Å²) in [5, 5.41) is 7.44. The third-order valence-electron chi connectivity index (χ3n) is 3.17. The summed E-state index contributed by atoms with van der Waals surface area (Å²) in [7, 11) is 1.86. The van der Waals surface area contributed by atoms with Gasteiger partial charge in [0.15, 0.2) is 11.6 Å². The number of benzene rings is 1. The fourth-order valence-electron chi connectivity index (χ4n) is 2.01. The van der Waals surface area contributed by atoms with E-state index in [1.54, 1.807) is 16.9 Å². The molecule has 0 aliphatic carbocycles. The third kappa shape index (κ3) is 3.17. The van der Waals surface area contributed by atoms with Crippen molar-refractivity contribution in [1.82, 2.24) is 15.1 Å². The topological polar surface area (TPSA) is 29.9 Å². The molecule has 2 atom stereocenters. The number of rotatable bonds is 4. The van der Waals surface area contributed by atoms with Gasteiger partial charge in [-0.05, 0) is 31.5 Å². The van der Waals surface area contributed by atoms with E-state index in [2.05, 4.69) is 10.4 Å². The van der Waals surface area contributed by atoms with Crippen LogP contribution in [-0.4, -0.2) is 9.78 Å². The second kappa shape index (κ2) is 5.48. The summed E-state index contributed by atoms with van der Waals surface area (Å²) >= 11 is 0. The van der Waals surface area contributed by atoms with Crippen LogP contribution in [0.4, 0.5) is 8.78 Å². The van der Waals surface area contributed by atoms with E-state index in [-0.39, 0.29) is 12.1 Å². The largest absolute Gasteiger partial charge is 0.304 e. The van der Waals surface area contributed by atoms with E-state index in [4.69, 9.17) is 0 Å². The van der Waals surface area contributed by atoms with Crippen LogP contribution in [0.2, 0.25) is 0 Å². The monoisotopic (exact) mass is 265 g/mol. The molecule has 2 aromatic rings. The predicted octanol–water partition coefficient (Wildman–Crippen LogP) is 3.11. The van der Waals surface area contributed by atoms with Gasteiger partial charge in [-0.1, -0.05) is 6.07 Å². The third-order valence-corrected chi connectivity index (χ3v) is 3.17. The van der Waals surface area contributed by atoms with Crippen LogP contribution in [0.25, 0.3) is 0 Å². The molecule has 3 nitrogen and oxygen atoms in total. The Labute approximate surface area is 111 Å². The maximum atomic E-state index is 13.2. The van der Waals surface area contributed by atoms with E-state index >= 15 is 0 Å². The van der Waals surface area contributed by atoms with Gasteiger partial charge in [0.1, 0.15) is 0 Å². The van der Waals surface area contributed by atoms with Crippen molar-refractivity contribution in [3.05, 3.63) is 53.4 Å². The van der Waals surface area contributed by atoms with Gasteiger partial charge in [0.2, 0.25) is 0 Å². The summed E-state index contributed by atoms with van der Waals surface area (Å²) in [6.07, 6.45) is 3.71. The van der Waals surface area contributed by atoms with Gasteiger partial charge in [0.05, 0.1) is 6.20 Å². The summed E-state index contributed by atoms with van der Waals surface area (Å²) < 4.78 is 27.8. The molecule has 0 aliphatic heterocycles. The zero-order valence-electron chi connectivity index (χ0n) is 11.2. The Morgan fingerprint density at radius 3 is 2.37 bits per heavy atom. The number of nitrogens with one attached hydrogen (secondary N) is 1. The number of aryl methyl sites for hydroxylation is 1. The molecule has 2 unspecified atom stereocenters. The molecule has 0 fully saturated rings. The Morgan fingerprint density at radius 2 is 1.79 bits per heavy atom. The summed E-state index contributed by atoms with van der Waals surface area (Å²) in [6, 6.07) is 3.97. The quantitative estimate of drug-likeness (QED) is 0.920. The van der Waals surface area contributed by atoms with Gasteiger partial charge in [-0.3, -0.25) is 4.68 Å². The van der Waals surface area contributed by atoms with Crippen LogP contribution in [-0.2, 0) is 7.05 Å². The molecule has 1 N–H and O–H groups in total. The predicted molar refractivity (Wildman–Crippen MR) is 69.5 cm³/mol. The molecular formula is C14H17F2N3. The van der Waals surface area contributed by atoms with Crippen molar-refractivity contribution in [2.45, 2.75) is 25.9 Å². The molecule has 2 rings (SSSR count). The molecule has 0 aliphatic rings. The lowest BCUT2D eigenvalue weighted by Gasteiger charge is -2.19. The van der Waals surface area contributed by atoms with Crippen molar-refractivity contribution < 1.29 is 8.78 Å². The van der Waals surface area contributed by atoms with Crippen molar-refractivity contribution in [2.75, 3.05) is 0 Å². The standard InChI is InChI=1S/C14H17F2N3/c1-9(11-4-5-13(15)14(16)6-11)18-10(2)12-7-17-19(3)8-12/h4-10,18H,1-3H3. The molecule has 0 saturated carbocycles. The molecule has 5 heteroatoms. The second-order valence-electron chi connectivity index (χ2n) is 4.73. The zero-order chi connectivity index (χ0) is 14.0. The van der Waals surface area contributed by atoms with Crippen molar-refractivity contribution in [2.24, 2.45) is 7.05 Å². The molecule has 0 amide bonds. The van der Waals surface area contributed by atoms with Gasteiger partial charge >= 0.3 is 0 Å². The fourth-order valence-corrected chi connectivity index (χ4v) is 2.01. The maximum Gasteiger partial charge on any atom is 0.159 e. The number of hydrogen-bond acceptors (Lipinski definition) is 2. The molecule has 0 saturated heterocycles. The number of halogens is 2. The first-order chi connectivity index (χ1) is 8.97. The van der Waals surface area contributed by atoms with Crippen LogP contribution in [0.5, 0.6) is 0 Å².